The summed E-state index contributed by atoms with van der Waals surface area (Å²) in [5.41, 5.74) is 1.28. The molecule has 2 heterocycles. The monoisotopic (exact) mass is 387 g/mol. The molecule has 1 aromatic rings. The number of ether oxygens (including phenoxy) is 1. The van der Waals surface area contributed by atoms with Gasteiger partial charge in [0, 0.05) is 38.9 Å². The zero-order valence-corrected chi connectivity index (χ0v) is 16.5. The number of nitrogens with zero attached hydrogens (tertiary/aromatic N) is 2. The van der Waals surface area contributed by atoms with E-state index >= 15 is 0 Å². The van der Waals surface area contributed by atoms with E-state index in [9.17, 15) is 14.4 Å². The van der Waals surface area contributed by atoms with Crippen LogP contribution in [-0.2, 0) is 20.9 Å². The maximum Gasteiger partial charge on any atom is 0.229 e. The second-order valence-electron chi connectivity index (χ2n) is 7.56. The number of carbonyl (C=O) groups excluding carboxylic acids is 3. The molecule has 1 aromatic carbocycles. The molecular formula is C21H29N3O4. The highest BCUT2D eigenvalue weighted by Gasteiger charge is 2.29. The molecule has 0 bridgehead atoms. The van der Waals surface area contributed by atoms with E-state index in [0.717, 1.165) is 38.2 Å². The Bertz CT molecular complexity index is 680. The number of nitrogens with one attached hydrogen (secondary N) is 1. The summed E-state index contributed by atoms with van der Waals surface area (Å²) >= 11 is 0. The molecule has 2 aliphatic rings. The van der Waals surface area contributed by atoms with Gasteiger partial charge in [-0.2, -0.15) is 0 Å². The van der Waals surface area contributed by atoms with E-state index in [2.05, 4.69) is 22.3 Å². The van der Waals surface area contributed by atoms with Crippen molar-refractivity contribution in [1.29, 1.82) is 0 Å². The van der Waals surface area contributed by atoms with Gasteiger partial charge in [0.05, 0.1) is 7.11 Å². The summed E-state index contributed by atoms with van der Waals surface area (Å²) in [4.78, 5) is 38.8. The van der Waals surface area contributed by atoms with E-state index in [4.69, 9.17) is 4.74 Å². The van der Waals surface area contributed by atoms with Crippen LogP contribution in [0.4, 0.5) is 0 Å². The Hall–Kier alpha value is -2.41. The molecule has 0 radical (unpaired) electrons. The molecule has 7 nitrogen and oxygen atoms in total. The highest BCUT2D eigenvalue weighted by Crippen LogP contribution is 2.20. The number of methoxy groups -OCH3 is 1. The Morgan fingerprint density at radius 1 is 1.11 bits per heavy atom. The molecule has 7 heteroatoms. The van der Waals surface area contributed by atoms with Gasteiger partial charge in [0.25, 0.3) is 0 Å². The van der Waals surface area contributed by atoms with Crippen molar-refractivity contribution in [3.63, 3.8) is 0 Å². The number of rotatable bonds is 8. The quantitative estimate of drug-likeness (QED) is 0.685. The molecule has 152 valence electrons. The number of hydrogen-bond donors (Lipinski definition) is 1. The van der Waals surface area contributed by atoms with Crippen molar-refractivity contribution >= 4 is 17.7 Å². The Morgan fingerprint density at radius 3 is 2.36 bits per heavy atom. The normalized spacial score (nSPS) is 18.5. The third kappa shape index (κ3) is 5.55. The van der Waals surface area contributed by atoms with Crippen molar-refractivity contribution in [3.05, 3.63) is 29.8 Å². The Balaban J connectivity index is 1.32. The van der Waals surface area contributed by atoms with Gasteiger partial charge in [-0.15, -0.1) is 0 Å². The smallest absolute Gasteiger partial charge is 0.229 e. The molecule has 3 amide bonds. The number of benzene rings is 1. The van der Waals surface area contributed by atoms with E-state index in [1.54, 1.807) is 7.11 Å². The van der Waals surface area contributed by atoms with Crippen LogP contribution >= 0.6 is 0 Å². The number of imide groups is 1. The molecule has 0 spiro atoms. The van der Waals surface area contributed by atoms with E-state index in [1.807, 2.05) is 12.1 Å². The van der Waals surface area contributed by atoms with E-state index in [0.29, 0.717) is 12.5 Å². The maximum absolute atomic E-state index is 12.0. The average molecular weight is 387 g/mol. The first-order chi connectivity index (χ1) is 13.5. The fourth-order valence-corrected chi connectivity index (χ4v) is 3.77. The molecule has 1 N–H and O–H groups in total. The van der Waals surface area contributed by atoms with E-state index in [1.165, 1.54) is 10.5 Å². The molecule has 2 aliphatic heterocycles. The molecule has 0 unspecified atom stereocenters. The standard InChI is InChI=1S/C21H29N3O4/c1-28-18-4-2-17(3-5-18)15-23-11-8-16(9-12-23)14-22-19(25)10-13-24-20(26)6-7-21(24)27/h2-5,16H,6-15H2,1H3,(H,22,25). The lowest BCUT2D eigenvalue weighted by molar-refractivity contribution is -0.138. The molecule has 0 atom stereocenters. The van der Waals surface area contributed by atoms with Crippen LogP contribution in [0.1, 0.15) is 37.7 Å². The Kier molecular flexibility index (Phi) is 7.03. The lowest BCUT2D eigenvalue weighted by Gasteiger charge is -2.32. The molecule has 0 saturated carbocycles. The van der Waals surface area contributed by atoms with E-state index < -0.39 is 0 Å². The van der Waals surface area contributed by atoms with Crippen molar-refractivity contribution in [2.75, 3.05) is 33.3 Å². The summed E-state index contributed by atoms with van der Waals surface area (Å²) in [7, 11) is 1.67. The summed E-state index contributed by atoms with van der Waals surface area (Å²) in [5.74, 6) is 0.931. The Morgan fingerprint density at radius 2 is 1.75 bits per heavy atom. The highest BCUT2D eigenvalue weighted by atomic mass is 16.5. The second-order valence-corrected chi connectivity index (χ2v) is 7.56. The summed E-state index contributed by atoms with van der Waals surface area (Å²) in [6.07, 6.45) is 2.85. The van der Waals surface area contributed by atoms with Gasteiger partial charge < -0.3 is 10.1 Å². The number of likely N-dealkylation sites (tertiary alicyclic amines) is 2. The molecule has 28 heavy (non-hydrogen) atoms. The number of piperidine rings is 1. The number of carbonyl (C=O) groups is 3. The van der Waals surface area contributed by atoms with Crippen molar-refractivity contribution in [3.8, 4) is 5.75 Å². The summed E-state index contributed by atoms with van der Waals surface area (Å²) in [5, 5.41) is 2.96. The molecular weight excluding hydrogens is 358 g/mol. The molecule has 0 aromatic heterocycles. The third-order valence-electron chi connectivity index (χ3n) is 5.58. The van der Waals surface area contributed by atoms with Gasteiger partial charge in [-0.3, -0.25) is 24.2 Å². The summed E-state index contributed by atoms with van der Waals surface area (Å²) in [6, 6.07) is 8.17. The predicted molar refractivity (Wildman–Crippen MR) is 105 cm³/mol. The molecule has 0 aliphatic carbocycles. The van der Waals surface area contributed by atoms with Crippen LogP contribution in [0.25, 0.3) is 0 Å². The van der Waals surface area contributed by atoms with Crippen LogP contribution in [0, 0.1) is 5.92 Å². The fourth-order valence-electron chi connectivity index (χ4n) is 3.77. The predicted octanol–water partition coefficient (Wildman–Crippen LogP) is 1.56. The summed E-state index contributed by atoms with van der Waals surface area (Å²) in [6.45, 7) is 3.83. The van der Waals surface area contributed by atoms with Gasteiger partial charge in [0.1, 0.15) is 5.75 Å². The van der Waals surface area contributed by atoms with Crippen LogP contribution in [0.15, 0.2) is 24.3 Å². The molecule has 3 rings (SSSR count). The SMILES string of the molecule is COc1ccc(CN2CCC(CNC(=O)CCN3C(=O)CCC3=O)CC2)cc1. The first-order valence-corrected chi connectivity index (χ1v) is 10.0. The van der Waals surface area contributed by atoms with Crippen molar-refractivity contribution in [2.45, 2.75) is 38.6 Å². The zero-order valence-electron chi connectivity index (χ0n) is 16.5. The van der Waals surface area contributed by atoms with Gasteiger partial charge in [-0.25, -0.2) is 0 Å². The first kappa shape index (κ1) is 20.3. The highest BCUT2D eigenvalue weighted by molar-refractivity contribution is 6.02. The van der Waals surface area contributed by atoms with Crippen LogP contribution in [-0.4, -0.2) is 60.8 Å². The van der Waals surface area contributed by atoms with Crippen LogP contribution < -0.4 is 10.1 Å². The largest absolute Gasteiger partial charge is 0.497 e. The second kappa shape index (κ2) is 9.68. The fraction of sp³-hybridized carbons (Fsp3) is 0.571. The van der Waals surface area contributed by atoms with Gasteiger partial charge in [-0.05, 0) is 49.5 Å². The topological polar surface area (TPSA) is 79.0 Å². The number of amides is 3. The summed E-state index contributed by atoms with van der Waals surface area (Å²) < 4.78 is 5.19. The van der Waals surface area contributed by atoms with E-state index in [-0.39, 0.29) is 43.5 Å². The van der Waals surface area contributed by atoms with Crippen LogP contribution in [0.2, 0.25) is 0 Å². The lowest BCUT2D eigenvalue weighted by atomic mass is 9.96. The van der Waals surface area contributed by atoms with Crippen LogP contribution in [0.3, 0.4) is 0 Å². The first-order valence-electron chi connectivity index (χ1n) is 10.0. The Labute approximate surface area is 166 Å². The lowest BCUT2D eigenvalue weighted by Crippen LogP contribution is -2.39. The van der Waals surface area contributed by atoms with Crippen molar-refractivity contribution < 1.29 is 19.1 Å². The van der Waals surface area contributed by atoms with Gasteiger partial charge >= 0.3 is 0 Å². The minimum absolute atomic E-state index is 0.0897. The van der Waals surface area contributed by atoms with Gasteiger partial charge in [-0.1, -0.05) is 12.1 Å². The van der Waals surface area contributed by atoms with Gasteiger partial charge in [0.15, 0.2) is 0 Å². The van der Waals surface area contributed by atoms with Gasteiger partial charge in [0.2, 0.25) is 17.7 Å². The number of hydrogen-bond acceptors (Lipinski definition) is 5. The zero-order chi connectivity index (χ0) is 19.9. The van der Waals surface area contributed by atoms with Crippen LogP contribution in [0.5, 0.6) is 5.75 Å². The average Bonchev–Trinajstić information content (AvgIpc) is 3.04. The van der Waals surface area contributed by atoms with Crippen molar-refractivity contribution in [2.24, 2.45) is 5.92 Å². The maximum atomic E-state index is 12.0. The minimum Gasteiger partial charge on any atom is -0.497 e. The third-order valence-corrected chi connectivity index (χ3v) is 5.58. The molecule has 2 saturated heterocycles. The minimum atomic E-state index is -0.165. The van der Waals surface area contributed by atoms with Crippen molar-refractivity contribution in [1.82, 2.24) is 15.1 Å². The molecule has 2 fully saturated rings.